The quantitative estimate of drug-likeness (QED) is 0.758. The van der Waals surface area contributed by atoms with Crippen LogP contribution in [0.1, 0.15) is 36.0 Å². The zero-order valence-corrected chi connectivity index (χ0v) is 15.0. The third kappa shape index (κ3) is 4.83. The Kier molecular flexibility index (Phi) is 6.32. The Balaban J connectivity index is 0.00000161. The number of halogens is 2. The van der Waals surface area contributed by atoms with Crippen molar-refractivity contribution in [1.29, 1.82) is 0 Å². The van der Waals surface area contributed by atoms with Gasteiger partial charge in [0.15, 0.2) is 0 Å². The predicted octanol–water partition coefficient (Wildman–Crippen LogP) is 3.32. The summed E-state index contributed by atoms with van der Waals surface area (Å²) in [6.07, 6.45) is 4.97. The maximum atomic E-state index is 12.4. The van der Waals surface area contributed by atoms with Crippen LogP contribution < -0.4 is 5.32 Å². The van der Waals surface area contributed by atoms with Crippen LogP contribution in [0.15, 0.2) is 24.3 Å². The van der Waals surface area contributed by atoms with Gasteiger partial charge in [-0.25, -0.2) is 0 Å². The fraction of sp³-hybridized carbons (Fsp3) is 0.562. The summed E-state index contributed by atoms with van der Waals surface area (Å²) in [6, 6.07) is 8.47. The molecule has 1 N–H and O–H groups in total. The Morgan fingerprint density at radius 3 is 2.33 bits per heavy atom. The Hall–Kier alpha value is -0.330. The molecule has 0 unspecified atom stereocenters. The van der Waals surface area contributed by atoms with Crippen molar-refractivity contribution in [3.05, 3.63) is 33.4 Å². The van der Waals surface area contributed by atoms with Crippen molar-refractivity contribution in [3.8, 4) is 0 Å². The van der Waals surface area contributed by atoms with E-state index < -0.39 is 0 Å². The molecule has 0 atom stereocenters. The van der Waals surface area contributed by atoms with Crippen molar-refractivity contribution in [2.45, 2.75) is 31.7 Å². The molecule has 1 aliphatic heterocycles. The number of nitrogens with one attached hydrogen (secondary N) is 1. The van der Waals surface area contributed by atoms with Crippen molar-refractivity contribution in [1.82, 2.24) is 10.2 Å². The monoisotopic (exact) mass is 420 g/mol. The van der Waals surface area contributed by atoms with Gasteiger partial charge < -0.3 is 10.2 Å². The molecule has 1 saturated carbocycles. The van der Waals surface area contributed by atoms with Crippen molar-refractivity contribution in [3.63, 3.8) is 0 Å². The van der Waals surface area contributed by atoms with E-state index in [1.165, 1.54) is 23.0 Å². The van der Waals surface area contributed by atoms with Gasteiger partial charge in [0.25, 0.3) is 5.91 Å². The Labute approximate surface area is 146 Å². The van der Waals surface area contributed by atoms with Crippen LogP contribution in [0, 0.1) is 9.49 Å². The summed E-state index contributed by atoms with van der Waals surface area (Å²) in [6.45, 7) is 2.94. The molecule has 1 saturated heterocycles. The maximum absolute atomic E-state index is 12.4. The summed E-state index contributed by atoms with van der Waals surface area (Å²) in [5.74, 6) is 1.11. The molecule has 3 rings (SSSR count). The molecule has 1 heterocycles. The van der Waals surface area contributed by atoms with Crippen LogP contribution in [0.3, 0.4) is 0 Å². The summed E-state index contributed by atoms with van der Waals surface area (Å²) < 4.78 is 1.17. The average molecular weight is 421 g/mol. The molecule has 21 heavy (non-hydrogen) atoms. The van der Waals surface area contributed by atoms with Gasteiger partial charge in [-0.05, 0) is 85.0 Å². The van der Waals surface area contributed by atoms with Gasteiger partial charge in [0.2, 0.25) is 0 Å². The lowest BCUT2D eigenvalue weighted by Gasteiger charge is -2.32. The smallest absolute Gasteiger partial charge is 0.253 e. The lowest BCUT2D eigenvalue weighted by Crippen LogP contribution is -2.45. The van der Waals surface area contributed by atoms with E-state index >= 15 is 0 Å². The summed E-state index contributed by atoms with van der Waals surface area (Å²) in [7, 11) is 0. The molecule has 1 aliphatic carbocycles. The van der Waals surface area contributed by atoms with E-state index in [0.717, 1.165) is 37.4 Å². The van der Waals surface area contributed by atoms with Gasteiger partial charge in [-0.15, -0.1) is 12.4 Å². The van der Waals surface area contributed by atoms with Crippen molar-refractivity contribution >= 4 is 40.9 Å². The first-order valence-corrected chi connectivity index (χ1v) is 8.58. The molecule has 0 aromatic heterocycles. The van der Waals surface area contributed by atoms with Crippen LogP contribution in [0.2, 0.25) is 0 Å². The lowest BCUT2D eigenvalue weighted by molar-refractivity contribution is 0.0705. The molecular weight excluding hydrogens is 399 g/mol. The predicted molar refractivity (Wildman–Crippen MR) is 96.1 cm³/mol. The number of carbonyl (C=O) groups is 1. The molecule has 0 radical (unpaired) electrons. The fourth-order valence-electron chi connectivity index (χ4n) is 2.72. The van der Waals surface area contributed by atoms with Gasteiger partial charge in [-0.2, -0.15) is 0 Å². The molecule has 0 spiro atoms. The van der Waals surface area contributed by atoms with E-state index in [4.69, 9.17) is 0 Å². The standard InChI is InChI=1S/C16H21IN2O.ClH/c17-14-5-3-13(4-6-14)16(20)19-9-7-15(8-10-19)18-11-12-1-2-12;/h3-6,12,15,18H,1-2,7-11H2;1H. The maximum Gasteiger partial charge on any atom is 0.253 e. The minimum Gasteiger partial charge on any atom is -0.339 e. The van der Waals surface area contributed by atoms with Crippen LogP contribution >= 0.6 is 35.0 Å². The van der Waals surface area contributed by atoms with Gasteiger partial charge >= 0.3 is 0 Å². The van der Waals surface area contributed by atoms with Gasteiger partial charge in [-0.1, -0.05) is 0 Å². The van der Waals surface area contributed by atoms with E-state index in [1.54, 1.807) is 0 Å². The highest BCUT2D eigenvalue weighted by Crippen LogP contribution is 2.28. The number of likely N-dealkylation sites (tertiary alicyclic amines) is 1. The Morgan fingerprint density at radius 2 is 1.76 bits per heavy atom. The van der Waals surface area contributed by atoms with E-state index in [9.17, 15) is 4.79 Å². The minimum absolute atomic E-state index is 0. The zero-order chi connectivity index (χ0) is 13.9. The minimum atomic E-state index is 0. The largest absolute Gasteiger partial charge is 0.339 e. The highest BCUT2D eigenvalue weighted by Gasteiger charge is 2.26. The zero-order valence-electron chi connectivity index (χ0n) is 12.1. The van der Waals surface area contributed by atoms with Crippen LogP contribution in [-0.4, -0.2) is 36.5 Å². The van der Waals surface area contributed by atoms with E-state index in [-0.39, 0.29) is 18.3 Å². The SMILES string of the molecule is Cl.O=C(c1ccc(I)cc1)N1CCC(NCC2CC2)CC1. The van der Waals surface area contributed by atoms with Crippen LogP contribution in [0.25, 0.3) is 0 Å². The fourth-order valence-corrected chi connectivity index (χ4v) is 3.08. The molecule has 1 aromatic carbocycles. The molecule has 0 bridgehead atoms. The highest BCUT2D eigenvalue weighted by atomic mass is 127. The first-order valence-electron chi connectivity index (χ1n) is 7.50. The van der Waals surface area contributed by atoms with Crippen molar-refractivity contribution in [2.24, 2.45) is 5.92 Å². The summed E-state index contributed by atoms with van der Waals surface area (Å²) in [5.41, 5.74) is 0.815. The molecule has 116 valence electrons. The third-order valence-electron chi connectivity index (χ3n) is 4.27. The average Bonchev–Trinajstić information content (AvgIpc) is 3.30. The molecule has 1 amide bonds. The number of benzene rings is 1. The number of carbonyl (C=O) groups excluding carboxylic acids is 1. The number of nitrogens with zero attached hydrogens (tertiary/aromatic N) is 1. The Bertz CT molecular complexity index is 468. The first-order chi connectivity index (χ1) is 9.72. The van der Waals surface area contributed by atoms with E-state index in [1.807, 2.05) is 29.2 Å². The number of rotatable bonds is 4. The molecule has 2 aliphatic rings. The van der Waals surface area contributed by atoms with Gasteiger partial charge in [0.1, 0.15) is 0 Å². The lowest BCUT2D eigenvalue weighted by atomic mass is 10.0. The molecule has 3 nitrogen and oxygen atoms in total. The second kappa shape index (κ2) is 7.79. The van der Waals surface area contributed by atoms with E-state index in [2.05, 4.69) is 27.9 Å². The van der Waals surface area contributed by atoms with Crippen LogP contribution in [0.5, 0.6) is 0 Å². The number of hydrogen-bond donors (Lipinski definition) is 1. The molecule has 5 heteroatoms. The van der Waals surface area contributed by atoms with Gasteiger partial charge in [0, 0.05) is 28.3 Å². The normalized spacial score (nSPS) is 19.2. The van der Waals surface area contributed by atoms with Gasteiger partial charge in [-0.3, -0.25) is 4.79 Å². The summed E-state index contributed by atoms with van der Waals surface area (Å²) in [4.78, 5) is 14.4. The third-order valence-corrected chi connectivity index (χ3v) is 4.98. The number of hydrogen-bond acceptors (Lipinski definition) is 2. The van der Waals surface area contributed by atoms with Crippen molar-refractivity contribution < 1.29 is 4.79 Å². The molecule has 2 fully saturated rings. The first kappa shape index (κ1) is 17.0. The van der Waals surface area contributed by atoms with E-state index in [0.29, 0.717) is 6.04 Å². The molecular formula is C16H22ClIN2O. The summed E-state index contributed by atoms with van der Waals surface area (Å²) in [5, 5.41) is 3.65. The Morgan fingerprint density at radius 1 is 1.14 bits per heavy atom. The topological polar surface area (TPSA) is 32.3 Å². The van der Waals surface area contributed by atoms with Crippen molar-refractivity contribution in [2.75, 3.05) is 19.6 Å². The highest BCUT2D eigenvalue weighted by molar-refractivity contribution is 14.1. The van der Waals surface area contributed by atoms with Crippen LogP contribution in [0.4, 0.5) is 0 Å². The second-order valence-corrected chi connectivity index (χ2v) is 7.17. The number of piperidine rings is 1. The second-order valence-electron chi connectivity index (χ2n) is 5.92. The molecule has 1 aromatic rings. The summed E-state index contributed by atoms with van der Waals surface area (Å²) >= 11 is 2.26. The number of amides is 1. The van der Waals surface area contributed by atoms with Crippen LogP contribution in [-0.2, 0) is 0 Å². The van der Waals surface area contributed by atoms with Gasteiger partial charge in [0.05, 0.1) is 0 Å².